The minimum Gasteiger partial charge on any atom is -0.350 e. The predicted octanol–water partition coefficient (Wildman–Crippen LogP) is 2.97. The van der Waals surface area contributed by atoms with E-state index in [4.69, 9.17) is 0 Å². The molecule has 1 unspecified atom stereocenters. The Balaban J connectivity index is 1.96. The van der Waals surface area contributed by atoms with Crippen molar-refractivity contribution in [3.05, 3.63) is 33.8 Å². The fourth-order valence-corrected chi connectivity index (χ4v) is 3.12. The Bertz CT molecular complexity index is 461. The maximum atomic E-state index is 12.2. The van der Waals surface area contributed by atoms with Crippen LogP contribution in [0.15, 0.2) is 22.7 Å². The molecule has 0 bridgehead atoms. The number of likely N-dealkylation sites (N-methyl/N-ethyl adjacent to an activating group) is 1. The lowest BCUT2D eigenvalue weighted by Gasteiger charge is -2.23. The zero-order chi connectivity index (χ0) is 13.8. The smallest absolute Gasteiger partial charge is 0.252 e. The molecule has 4 heteroatoms. The molecule has 1 N–H and O–H groups in total. The first-order valence-electron chi connectivity index (χ1n) is 6.90. The lowest BCUT2D eigenvalue weighted by molar-refractivity contribution is 0.0940. The predicted molar refractivity (Wildman–Crippen MR) is 81.5 cm³/mol. The minimum absolute atomic E-state index is 0.0125. The molecule has 0 spiro atoms. The number of likely N-dealkylation sites (tertiary alicyclic amines) is 1. The maximum absolute atomic E-state index is 12.2. The van der Waals surface area contributed by atoms with Gasteiger partial charge >= 0.3 is 0 Å². The number of rotatable bonds is 4. The summed E-state index contributed by atoms with van der Waals surface area (Å²) in [5.74, 6) is 0.0125. The Labute approximate surface area is 123 Å². The molecule has 1 heterocycles. The third-order valence-electron chi connectivity index (χ3n) is 3.84. The van der Waals surface area contributed by atoms with Gasteiger partial charge in [-0.05, 0) is 60.4 Å². The molecule has 0 aromatic heterocycles. The summed E-state index contributed by atoms with van der Waals surface area (Å²) < 4.78 is 0.895. The van der Waals surface area contributed by atoms with Crippen molar-refractivity contribution in [3.8, 4) is 0 Å². The van der Waals surface area contributed by atoms with E-state index in [2.05, 4.69) is 33.1 Å². The van der Waals surface area contributed by atoms with Crippen molar-refractivity contribution in [2.24, 2.45) is 0 Å². The average molecular weight is 325 g/mol. The summed E-state index contributed by atoms with van der Waals surface area (Å²) in [5, 5.41) is 3.06. The first kappa shape index (κ1) is 14.5. The molecule has 1 aliphatic rings. The molecular weight excluding hydrogens is 304 g/mol. The molecule has 0 aliphatic carbocycles. The molecule has 1 atom stereocenters. The molecule has 1 aromatic rings. The van der Waals surface area contributed by atoms with Gasteiger partial charge in [0, 0.05) is 17.1 Å². The van der Waals surface area contributed by atoms with Crippen LogP contribution < -0.4 is 5.32 Å². The third-order valence-corrected chi connectivity index (χ3v) is 4.89. The fourth-order valence-electron chi connectivity index (χ4n) is 2.67. The quantitative estimate of drug-likeness (QED) is 0.923. The van der Waals surface area contributed by atoms with E-state index >= 15 is 0 Å². The number of amides is 1. The van der Waals surface area contributed by atoms with Crippen LogP contribution >= 0.6 is 15.9 Å². The first-order chi connectivity index (χ1) is 9.13. The average Bonchev–Trinajstić information content (AvgIpc) is 2.86. The topological polar surface area (TPSA) is 32.3 Å². The molecule has 0 radical (unpaired) electrons. The van der Waals surface area contributed by atoms with Gasteiger partial charge < -0.3 is 5.32 Å². The SMILES string of the molecule is CCN1CCCC1CNC(=O)c1cccc(C)c1Br. The van der Waals surface area contributed by atoms with Crippen LogP contribution in [-0.4, -0.2) is 36.5 Å². The second kappa shape index (κ2) is 6.53. The van der Waals surface area contributed by atoms with E-state index in [1.807, 2.05) is 25.1 Å². The summed E-state index contributed by atoms with van der Waals surface area (Å²) >= 11 is 3.49. The summed E-state index contributed by atoms with van der Waals surface area (Å²) in [6.45, 7) is 7.14. The molecule has 1 amide bonds. The monoisotopic (exact) mass is 324 g/mol. The van der Waals surface area contributed by atoms with E-state index in [1.165, 1.54) is 12.8 Å². The summed E-state index contributed by atoms with van der Waals surface area (Å²) in [6, 6.07) is 6.27. The van der Waals surface area contributed by atoms with Gasteiger partial charge in [-0.15, -0.1) is 0 Å². The second-order valence-corrected chi connectivity index (χ2v) is 5.86. The van der Waals surface area contributed by atoms with Gasteiger partial charge in [0.25, 0.3) is 5.91 Å². The van der Waals surface area contributed by atoms with Crippen LogP contribution in [0.1, 0.15) is 35.7 Å². The van der Waals surface area contributed by atoms with Crippen molar-refractivity contribution in [1.29, 1.82) is 0 Å². The second-order valence-electron chi connectivity index (χ2n) is 5.07. The van der Waals surface area contributed by atoms with Crippen LogP contribution in [0, 0.1) is 6.92 Å². The largest absolute Gasteiger partial charge is 0.350 e. The van der Waals surface area contributed by atoms with E-state index in [9.17, 15) is 4.79 Å². The summed E-state index contributed by atoms with van der Waals surface area (Å²) in [7, 11) is 0. The molecular formula is C15H21BrN2O. The van der Waals surface area contributed by atoms with Gasteiger partial charge in [-0.2, -0.15) is 0 Å². The number of halogens is 1. The minimum atomic E-state index is 0.0125. The van der Waals surface area contributed by atoms with E-state index in [-0.39, 0.29) is 5.91 Å². The van der Waals surface area contributed by atoms with Crippen LogP contribution in [0.2, 0.25) is 0 Å². The molecule has 104 valence electrons. The number of aryl methyl sites for hydroxylation is 1. The standard InChI is InChI=1S/C15H21BrN2O/c1-3-18-9-5-7-12(18)10-17-15(19)13-8-4-6-11(2)14(13)16/h4,6,8,12H,3,5,7,9-10H2,1-2H3,(H,17,19). The van der Waals surface area contributed by atoms with Crippen molar-refractivity contribution in [2.45, 2.75) is 32.7 Å². The number of nitrogens with zero attached hydrogens (tertiary/aromatic N) is 1. The Hall–Kier alpha value is -0.870. The molecule has 1 saturated heterocycles. The lowest BCUT2D eigenvalue weighted by atomic mass is 10.1. The van der Waals surface area contributed by atoms with Crippen molar-refractivity contribution in [3.63, 3.8) is 0 Å². The van der Waals surface area contributed by atoms with Gasteiger partial charge in [0.15, 0.2) is 0 Å². The van der Waals surface area contributed by atoms with Crippen LogP contribution in [0.4, 0.5) is 0 Å². The van der Waals surface area contributed by atoms with E-state index in [0.29, 0.717) is 6.04 Å². The number of hydrogen-bond acceptors (Lipinski definition) is 2. The van der Waals surface area contributed by atoms with Crippen molar-refractivity contribution in [1.82, 2.24) is 10.2 Å². The van der Waals surface area contributed by atoms with Crippen LogP contribution in [0.5, 0.6) is 0 Å². The summed E-state index contributed by atoms with van der Waals surface area (Å²) in [5.41, 5.74) is 1.81. The van der Waals surface area contributed by atoms with E-state index in [0.717, 1.165) is 35.2 Å². The summed E-state index contributed by atoms with van der Waals surface area (Å²) in [4.78, 5) is 14.6. The van der Waals surface area contributed by atoms with Crippen LogP contribution in [0.3, 0.4) is 0 Å². The number of carbonyl (C=O) groups excluding carboxylic acids is 1. The molecule has 1 aliphatic heterocycles. The molecule has 0 saturated carbocycles. The number of benzene rings is 1. The van der Waals surface area contributed by atoms with Gasteiger partial charge in [-0.3, -0.25) is 9.69 Å². The molecule has 2 rings (SSSR count). The van der Waals surface area contributed by atoms with E-state index < -0.39 is 0 Å². The van der Waals surface area contributed by atoms with Gasteiger partial charge in [0.05, 0.1) is 5.56 Å². The zero-order valence-corrected chi connectivity index (χ0v) is 13.2. The first-order valence-corrected chi connectivity index (χ1v) is 7.70. The number of hydrogen-bond donors (Lipinski definition) is 1. The lowest BCUT2D eigenvalue weighted by Crippen LogP contribution is -2.40. The molecule has 3 nitrogen and oxygen atoms in total. The Morgan fingerprint density at radius 2 is 2.32 bits per heavy atom. The number of carbonyl (C=O) groups is 1. The molecule has 1 fully saturated rings. The Morgan fingerprint density at radius 3 is 3.05 bits per heavy atom. The van der Waals surface area contributed by atoms with Crippen LogP contribution in [0.25, 0.3) is 0 Å². The Morgan fingerprint density at radius 1 is 1.53 bits per heavy atom. The van der Waals surface area contributed by atoms with Crippen molar-refractivity contribution < 1.29 is 4.79 Å². The normalized spacial score (nSPS) is 19.6. The molecule has 1 aromatic carbocycles. The van der Waals surface area contributed by atoms with Gasteiger partial charge in [0.1, 0.15) is 0 Å². The highest BCUT2D eigenvalue weighted by atomic mass is 79.9. The summed E-state index contributed by atoms with van der Waals surface area (Å²) in [6.07, 6.45) is 2.42. The zero-order valence-electron chi connectivity index (χ0n) is 11.6. The highest BCUT2D eigenvalue weighted by Gasteiger charge is 2.23. The van der Waals surface area contributed by atoms with Crippen molar-refractivity contribution >= 4 is 21.8 Å². The molecule has 19 heavy (non-hydrogen) atoms. The van der Waals surface area contributed by atoms with E-state index in [1.54, 1.807) is 0 Å². The Kier molecular flexibility index (Phi) is 4.99. The maximum Gasteiger partial charge on any atom is 0.252 e. The van der Waals surface area contributed by atoms with Gasteiger partial charge in [-0.1, -0.05) is 19.1 Å². The highest BCUT2D eigenvalue weighted by molar-refractivity contribution is 9.10. The van der Waals surface area contributed by atoms with Gasteiger partial charge in [0.2, 0.25) is 0 Å². The van der Waals surface area contributed by atoms with Gasteiger partial charge in [-0.25, -0.2) is 0 Å². The third kappa shape index (κ3) is 3.37. The fraction of sp³-hybridized carbons (Fsp3) is 0.533. The number of nitrogens with one attached hydrogen (secondary N) is 1. The highest BCUT2D eigenvalue weighted by Crippen LogP contribution is 2.21. The van der Waals surface area contributed by atoms with Crippen molar-refractivity contribution in [2.75, 3.05) is 19.6 Å². The van der Waals surface area contributed by atoms with Crippen LogP contribution in [-0.2, 0) is 0 Å².